The first-order chi connectivity index (χ1) is 14.5. The van der Waals surface area contributed by atoms with Crippen LogP contribution < -0.4 is 10.6 Å². The molecule has 1 fully saturated rings. The zero-order chi connectivity index (χ0) is 21.3. The molecule has 0 spiro atoms. The number of hydrogen-bond donors (Lipinski definition) is 2. The fourth-order valence-electron chi connectivity index (χ4n) is 3.12. The van der Waals surface area contributed by atoms with Crippen molar-refractivity contribution in [2.75, 3.05) is 19.7 Å². The van der Waals surface area contributed by atoms with Crippen LogP contribution in [0, 0.1) is 0 Å². The van der Waals surface area contributed by atoms with E-state index in [9.17, 15) is 14.4 Å². The molecule has 1 unspecified atom stereocenters. The van der Waals surface area contributed by atoms with Crippen molar-refractivity contribution < 1.29 is 19.1 Å². The molecule has 3 rings (SSSR count). The predicted octanol–water partition coefficient (Wildman–Crippen LogP) is 2.13. The van der Waals surface area contributed by atoms with Crippen molar-refractivity contribution in [1.82, 2.24) is 15.5 Å². The van der Waals surface area contributed by atoms with Crippen LogP contribution >= 0.6 is 23.6 Å². The highest BCUT2D eigenvalue weighted by Crippen LogP contribution is 2.13. The Bertz CT molecular complexity index is 887. The lowest BCUT2D eigenvalue weighted by Crippen LogP contribution is -2.60. The van der Waals surface area contributed by atoms with Gasteiger partial charge in [-0.05, 0) is 42.1 Å². The predicted molar refractivity (Wildman–Crippen MR) is 118 cm³/mol. The summed E-state index contributed by atoms with van der Waals surface area (Å²) >= 11 is 6.63. The van der Waals surface area contributed by atoms with Crippen LogP contribution in [0.4, 0.5) is 0 Å². The normalized spacial score (nSPS) is 15.9. The third-order valence-corrected chi connectivity index (χ3v) is 5.84. The number of carbonyl (C=O) groups excluding carboxylic acids is 3. The van der Waals surface area contributed by atoms with Crippen molar-refractivity contribution in [3.05, 3.63) is 58.3 Å². The van der Waals surface area contributed by atoms with Crippen LogP contribution in [-0.2, 0) is 20.7 Å². The molecule has 7 nitrogen and oxygen atoms in total. The van der Waals surface area contributed by atoms with Crippen LogP contribution in [0.25, 0.3) is 0 Å². The van der Waals surface area contributed by atoms with Gasteiger partial charge in [-0.1, -0.05) is 36.4 Å². The molecular formula is C21H23N3O4S2. The van der Waals surface area contributed by atoms with Crippen LogP contribution in [0.5, 0.6) is 0 Å². The van der Waals surface area contributed by atoms with Crippen molar-refractivity contribution >= 4 is 46.5 Å². The number of benzene rings is 1. The molecule has 158 valence electrons. The number of rotatable bonds is 7. The second-order valence-corrected chi connectivity index (χ2v) is 8.08. The Kier molecular flexibility index (Phi) is 7.92. The molecule has 2 aromatic rings. The molecule has 30 heavy (non-hydrogen) atoms. The number of amides is 2. The molecule has 2 N–H and O–H groups in total. The summed E-state index contributed by atoms with van der Waals surface area (Å²) in [5.74, 6) is -1.11. The molecule has 0 radical (unpaired) electrons. The molecule has 0 aliphatic carbocycles. The Balaban J connectivity index is 1.49. The lowest BCUT2D eigenvalue weighted by atomic mass is 10.1. The molecule has 9 heteroatoms. The number of thiocarbonyl (C=S) groups is 1. The smallest absolute Gasteiger partial charge is 0.308 e. The topological polar surface area (TPSA) is 87.7 Å². The van der Waals surface area contributed by atoms with Gasteiger partial charge in [0.05, 0.1) is 17.9 Å². The summed E-state index contributed by atoms with van der Waals surface area (Å²) in [5, 5.41) is 7.30. The lowest BCUT2D eigenvalue weighted by molar-refractivity contribution is -0.147. The van der Waals surface area contributed by atoms with Crippen molar-refractivity contribution in [2.45, 2.75) is 25.3 Å². The Hall–Kier alpha value is -2.78. The van der Waals surface area contributed by atoms with E-state index in [1.54, 1.807) is 22.4 Å². The molecule has 1 aliphatic heterocycles. The fraction of sp³-hybridized carbons (Fsp3) is 0.333. The number of ether oxygens (including phenoxy) is 1. The minimum absolute atomic E-state index is 0.130. The van der Waals surface area contributed by atoms with E-state index in [2.05, 4.69) is 10.6 Å². The molecule has 0 bridgehead atoms. The largest absolute Gasteiger partial charge is 0.466 e. The van der Waals surface area contributed by atoms with Crippen LogP contribution in [-0.4, -0.2) is 53.5 Å². The van der Waals surface area contributed by atoms with Gasteiger partial charge in [0.2, 0.25) is 5.91 Å². The first kappa shape index (κ1) is 21.9. The summed E-state index contributed by atoms with van der Waals surface area (Å²) in [6.07, 6.45) is 1.38. The summed E-state index contributed by atoms with van der Waals surface area (Å²) in [5.41, 5.74) is 1.18. The van der Waals surface area contributed by atoms with Gasteiger partial charge in [0.25, 0.3) is 5.91 Å². The Labute approximate surface area is 184 Å². The van der Waals surface area contributed by atoms with Crippen LogP contribution in [0.2, 0.25) is 0 Å². The van der Waals surface area contributed by atoms with E-state index in [1.165, 1.54) is 16.9 Å². The summed E-state index contributed by atoms with van der Waals surface area (Å²) in [6, 6.07) is 12.6. The molecule has 1 saturated heterocycles. The zero-order valence-electron chi connectivity index (χ0n) is 16.3. The third-order valence-electron chi connectivity index (χ3n) is 4.63. The average molecular weight is 446 g/mol. The number of piperazine rings is 1. The van der Waals surface area contributed by atoms with Crippen molar-refractivity contribution in [2.24, 2.45) is 0 Å². The minimum Gasteiger partial charge on any atom is -0.466 e. The van der Waals surface area contributed by atoms with Crippen LogP contribution in [0.3, 0.4) is 0 Å². The number of esters is 1. The number of carbonyl (C=O) groups is 3. The molecule has 0 saturated carbocycles. The van der Waals surface area contributed by atoms with E-state index >= 15 is 0 Å². The lowest BCUT2D eigenvalue weighted by Gasteiger charge is -2.36. The van der Waals surface area contributed by atoms with Gasteiger partial charge in [0, 0.05) is 13.1 Å². The van der Waals surface area contributed by atoms with E-state index in [0.29, 0.717) is 24.4 Å². The van der Waals surface area contributed by atoms with Gasteiger partial charge in [-0.3, -0.25) is 19.7 Å². The van der Waals surface area contributed by atoms with Gasteiger partial charge in [-0.2, -0.15) is 0 Å². The van der Waals surface area contributed by atoms with E-state index in [-0.39, 0.29) is 30.0 Å². The molecule has 1 aliphatic rings. The number of aryl methyl sites for hydroxylation is 1. The van der Waals surface area contributed by atoms with Gasteiger partial charge in [0.15, 0.2) is 5.11 Å². The van der Waals surface area contributed by atoms with Crippen molar-refractivity contribution in [3.63, 3.8) is 0 Å². The maximum atomic E-state index is 12.3. The van der Waals surface area contributed by atoms with Gasteiger partial charge in [0.1, 0.15) is 6.04 Å². The zero-order valence-corrected chi connectivity index (χ0v) is 18.0. The standard InChI is InChI=1S/C21H23N3O4S2/c25-18(28-12-4-8-15-6-2-1-3-7-15)14-16-19(26)22-10-11-24(16)21(29)23-20(27)17-9-5-13-30-17/h1-3,5-7,9,13,16H,4,8,10-12,14H2,(H,22,26)(H,23,27,29). The highest BCUT2D eigenvalue weighted by atomic mass is 32.1. The molecule has 1 aromatic heterocycles. The van der Waals surface area contributed by atoms with Gasteiger partial charge < -0.3 is 15.0 Å². The monoisotopic (exact) mass is 445 g/mol. The van der Waals surface area contributed by atoms with E-state index < -0.39 is 12.0 Å². The molecule has 1 aromatic carbocycles. The number of nitrogens with one attached hydrogen (secondary N) is 2. The second kappa shape index (κ2) is 10.8. The quantitative estimate of drug-likeness (QED) is 0.386. The van der Waals surface area contributed by atoms with Gasteiger partial charge in [-0.25, -0.2) is 0 Å². The fourth-order valence-corrected chi connectivity index (χ4v) is 4.05. The maximum absolute atomic E-state index is 12.3. The third kappa shape index (κ3) is 6.11. The highest BCUT2D eigenvalue weighted by Gasteiger charge is 2.34. The SMILES string of the molecule is O=C(CC1C(=O)NCCN1C(=S)NC(=O)c1cccs1)OCCCc1ccccc1. The van der Waals surface area contributed by atoms with E-state index in [0.717, 1.165) is 6.42 Å². The van der Waals surface area contributed by atoms with E-state index in [1.807, 2.05) is 30.3 Å². The first-order valence-corrected chi connectivity index (χ1v) is 11.0. The van der Waals surface area contributed by atoms with Crippen molar-refractivity contribution in [3.8, 4) is 0 Å². The van der Waals surface area contributed by atoms with Gasteiger partial charge in [-0.15, -0.1) is 11.3 Å². The molecule has 1 atom stereocenters. The average Bonchev–Trinajstić information content (AvgIpc) is 3.28. The van der Waals surface area contributed by atoms with Crippen molar-refractivity contribution in [1.29, 1.82) is 0 Å². The molecule has 2 amide bonds. The Morgan fingerprint density at radius 2 is 2.03 bits per heavy atom. The summed E-state index contributed by atoms with van der Waals surface area (Å²) < 4.78 is 5.31. The van der Waals surface area contributed by atoms with Crippen LogP contribution in [0.1, 0.15) is 28.1 Å². The Morgan fingerprint density at radius 3 is 2.77 bits per heavy atom. The number of hydrogen-bond acceptors (Lipinski definition) is 6. The maximum Gasteiger partial charge on any atom is 0.308 e. The number of nitrogens with zero attached hydrogens (tertiary/aromatic N) is 1. The summed E-state index contributed by atoms with van der Waals surface area (Å²) in [4.78, 5) is 39.0. The Morgan fingerprint density at radius 1 is 1.23 bits per heavy atom. The highest BCUT2D eigenvalue weighted by molar-refractivity contribution is 7.80. The molecule has 2 heterocycles. The molecular weight excluding hydrogens is 422 g/mol. The minimum atomic E-state index is -0.809. The van der Waals surface area contributed by atoms with Gasteiger partial charge >= 0.3 is 5.97 Å². The summed E-state index contributed by atoms with van der Waals surface area (Å²) in [7, 11) is 0. The van der Waals surface area contributed by atoms with Crippen LogP contribution in [0.15, 0.2) is 47.8 Å². The second-order valence-electron chi connectivity index (χ2n) is 6.75. The first-order valence-electron chi connectivity index (χ1n) is 9.67. The number of thiophene rings is 1. The summed E-state index contributed by atoms with van der Waals surface area (Å²) in [6.45, 7) is 1.07. The van der Waals surface area contributed by atoms with E-state index in [4.69, 9.17) is 17.0 Å².